The van der Waals surface area contributed by atoms with Gasteiger partial charge < -0.3 is 16.2 Å². The Kier molecular flexibility index (Phi) is 3.71. The summed E-state index contributed by atoms with van der Waals surface area (Å²) in [5.74, 6) is -0.212. The SMILES string of the molecule is CC(C)C(C)Nc1nc(C(=O)O)ccc1N. The molecule has 0 radical (unpaired) electrons. The lowest BCUT2D eigenvalue weighted by molar-refractivity contribution is 0.0690. The van der Waals surface area contributed by atoms with Crippen molar-refractivity contribution in [1.82, 2.24) is 4.98 Å². The lowest BCUT2D eigenvalue weighted by Crippen LogP contribution is -2.23. The van der Waals surface area contributed by atoms with E-state index >= 15 is 0 Å². The molecular formula is C11H17N3O2. The fraction of sp³-hybridized carbons (Fsp3) is 0.455. The zero-order chi connectivity index (χ0) is 12.3. The number of nitrogen functional groups attached to an aromatic ring is 1. The minimum absolute atomic E-state index is 0.00680. The highest BCUT2D eigenvalue weighted by Crippen LogP contribution is 2.18. The van der Waals surface area contributed by atoms with Crippen molar-refractivity contribution in [3.8, 4) is 0 Å². The first kappa shape index (κ1) is 12.3. The maximum atomic E-state index is 10.8. The maximum Gasteiger partial charge on any atom is 0.354 e. The summed E-state index contributed by atoms with van der Waals surface area (Å²) in [6, 6.07) is 3.12. The zero-order valence-electron chi connectivity index (χ0n) is 9.69. The summed E-state index contributed by atoms with van der Waals surface area (Å²) in [5.41, 5.74) is 6.17. The molecule has 0 fully saturated rings. The molecule has 0 aliphatic carbocycles. The highest BCUT2D eigenvalue weighted by molar-refractivity contribution is 5.86. The number of nitrogens with two attached hydrogens (primary N) is 1. The molecule has 5 heteroatoms. The van der Waals surface area contributed by atoms with Gasteiger partial charge in [0.25, 0.3) is 0 Å². The Morgan fingerprint density at radius 2 is 2.06 bits per heavy atom. The standard InChI is InChI=1S/C11H17N3O2/c1-6(2)7(3)13-10-8(12)4-5-9(14-10)11(15)16/h4-7H,12H2,1-3H3,(H,13,14)(H,15,16). The van der Waals surface area contributed by atoms with Gasteiger partial charge in [0.05, 0.1) is 5.69 Å². The van der Waals surface area contributed by atoms with E-state index in [9.17, 15) is 4.79 Å². The number of anilines is 2. The smallest absolute Gasteiger partial charge is 0.354 e. The predicted octanol–water partition coefficient (Wildman–Crippen LogP) is 1.82. The van der Waals surface area contributed by atoms with E-state index in [0.29, 0.717) is 17.4 Å². The molecule has 1 aromatic heterocycles. The number of hydrogen-bond donors (Lipinski definition) is 3. The van der Waals surface area contributed by atoms with Crippen LogP contribution >= 0.6 is 0 Å². The molecule has 0 spiro atoms. The Labute approximate surface area is 94.7 Å². The monoisotopic (exact) mass is 223 g/mol. The first-order valence-electron chi connectivity index (χ1n) is 5.18. The lowest BCUT2D eigenvalue weighted by Gasteiger charge is -2.19. The minimum atomic E-state index is -1.06. The number of hydrogen-bond acceptors (Lipinski definition) is 4. The number of nitrogens with zero attached hydrogens (tertiary/aromatic N) is 1. The van der Waals surface area contributed by atoms with E-state index in [1.54, 1.807) is 6.07 Å². The van der Waals surface area contributed by atoms with Crippen LogP contribution in [-0.4, -0.2) is 22.1 Å². The van der Waals surface area contributed by atoms with E-state index in [1.807, 2.05) is 6.92 Å². The fourth-order valence-corrected chi connectivity index (χ4v) is 1.09. The number of carboxylic acids is 1. The van der Waals surface area contributed by atoms with Gasteiger partial charge in [0.2, 0.25) is 0 Å². The van der Waals surface area contributed by atoms with Gasteiger partial charge in [0, 0.05) is 6.04 Å². The van der Waals surface area contributed by atoms with Crippen LogP contribution < -0.4 is 11.1 Å². The quantitative estimate of drug-likeness (QED) is 0.724. The molecule has 0 aliphatic heterocycles. The van der Waals surface area contributed by atoms with E-state index in [-0.39, 0.29) is 11.7 Å². The molecule has 16 heavy (non-hydrogen) atoms. The van der Waals surface area contributed by atoms with Crippen LogP contribution in [0, 0.1) is 5.92 Å². The Hall–Kier alpha value is -1.78. The van der Waals surface area contributed by atoms with Crippen molar-refractivity contribution >= 4 is 17.5 Å². The van der Waals surface area contributed by atoms with Gasteiger partial charge in [-0.1, -0.05) is 13.8 Å². The Morgan fingerprint density at radius 3 is 2.56 bits per heavy atom. The van der Waals surface area contributed by atoms with Gasteiger partial charge in [-0.2, -0.15) is 0 Å². The Bertz CT molecular complexity index is 391. The lowest BCUT2D eigenvalue weighted by atomic mass is 10.1. The van der Waals surface area contributed by atoms with Gasteiger partial charge in [-0.3, -0.25) is 0 Å². The summed E-state index contributed by atoms with van der Waals surface area (Å²) < 4.78 is 0. The summed E-state index contributed by atoms with van der Waals surface area (Å²) >= 11 is 0. The molecule has 1 aromatic rings. The van der Waals surface area contributed by atoms with Crippen molar-refractivity contribution in [2.45, 2.75) is 26.8 Å². The first-order chi connectivity index (χ1) is 7.41. The molecule has 5 nitrogen and oxygen atoms in total. The van der Waals surface area contributed by atoms with E-state index in [0.717, 1.165) is 0 Å². The number of aromatic nitrogens is 1. The fourth-order valence-electron chi connectivity index (χ4n) is 1.09. The summed E-state index contributed by atoms with van der Waals surface area (Å²) in [6.07, 6.45) is 0. The zero-order valence-corrected chi connectivity index (χ0v) is 9.69. The summed E-state index contributed by atoms with van der Waals surface area (Å²) in [7, 11) is 0. The van der Waals surface area contributed by atoms with Gasteiger partial charge >= 0.3 is 5.97 Å². The van der Waals surface area contributed by atoms with Crippen molar-refractivity contribution in [1.29, 1.82) is 0 Å². The topological polar surface area (TPSA) is 88.2 Å². The highest BCUT2D eigenvalue weighted by Gasteiger charge is 2.12. The molecule has 1 heterocycles. The molecule has 0 saturated carbocycles. The molecular weight excluding hydrogens is 206 g/mol. The van der Waals surface area contributed by atoms with Crippen LogP contribution in [0.1, 0.15) is 31.3 Å². The number of carboxylic acid groups (broad SMARTS) is 1. The van der Waals surface area contributed by atoms with Gasteiger partial charge in [-0.05, 0) is 25.0 Å². The van der Waals surface area contributed by atoms with Crippen LogP contribution in [-0.2, 0) is 0 Å². The van der Waals surface area contributed by atoms with Crippen LogP contribution in [0.15, 0.2) is 12.1 Å². The van der Waals surface area contributed by atoms with Crippen LogP contribution in [0.4, 0.5) is 11.5 Å². The Morgan fingerprint density at radius 1 is 1.44 bits per heavy atom. The average molecular weight is 223 g/mol. The molecule has 0 aliphatic rings. The van der Waals surface area contributed by atoms with Gasteiger partial charge in [-0.15, -0.1) is 0 Å². The van der Waals surface area contributed by atoms with Crippen molar-refractivity contribution in [3.63, 3.8) is 0 Å². The van der Waals surface area contributed by atoms with Crippen LogP contribution in [0.2, 0.25) is 0 Å². The van der Waals surface area contributed by atoms with Gasteiger partial charge in [-0.25, -0.2) is 9.78 Å². The van der Waals surface area contributed by atoms with Crippen molar-refractivity contribution in [3.05, 3.63) is 17.8 Å². The number of carbonyl (C=O) groups is 1. The third-order valence-corrected chi connectivity index (χ3v) is 2.51. The number of aromatic carboxylic acids is 1. The number of nitrogens with one attached hydrogen (secondary N) is 1. The minimum Gasteiger partial charge on any atom is -0.477 e. The second-order valence-electron chi connectivity index (χ2n) is 4.12. The molecule has 0 bridgehead atoms. The summed E-state index contributed by atoms with van der Waals surface area (Å²) in [6.45, 7) is 6.13. The van der Waals surface area contributed by atoms with Crippen molar-refractivity contribution in [2.24, 2.45) is 5.92 Å². The largest absolute Gasteiger partial charge is 0.477 e. The number of rotatable bonds is 4. The molecule has 1 atom stereocenters. The molecule has 1 rings (SSSR count). The average Bonchev–Trinajstić information content (AvgIpc) is 2.20. The second kappa shape index (κ2) is 4.83. The third-order valence-electron chi connectivity index (χ3n) is 2.51. The maximum absolute atomic E-state index is 10.8. The first-order valence-corrected chi connectivity index (χ1v) is 5.18. The van der Waals surface area contributed by atoms with E-state index in [4.69, 9.17) is 10.8 Å². The number of pyridine rings is 1. The Balaban J connectivity index is 2.94. The normalized spacial score (nSPS) is 12.5. The third kappa shape index (κ3) is 2.85. The van der Waals surface area contributed by atoms with Crippen molar-refractivity contribution < 1.29 is 9.90 Å². The van der Waals surface area contributed by atoms with E-state index in [2.05, 4.69) is 24.1 Å². The summed E-state index contributed by atoms with van der Waals surface area (Å²) in [4.78, 5) is 14.7. The molecule has 0 saturated heterocycles. The molecule has 1 unspecified atom stereocenters. The van der Waals surface area contributed by atoms with Gasteiger partial charge in [0.15, 0.2) is 5.69 Å². The summed E-state index contributed by atoms with van der Waals surface area (Å²) in [5, 5.41) is 11.9. The van der Waals surface area contributed by atoms with Crippen LogP contribution in [0.5, 0.6) is 0 Å². The molecule has 4 N–H and O–H groups in total. The molecule has 88 valence electrons. The second-order valence-corrected chi connectivity index (χ2v) is 4.12. The van der Waals surface area contributed by atoms with Crippen LogP contribution in [0.25, 0.3) is 0 Å². The highest BCUT2D eigenvalue weighted by atomic mass is 16.4. The molecule has 0 amide bonds. The van der Waals surface area contributed by atoms with E-state index in [1.165, 1.54) is 6.07 Å². The van der Waals surface area contributed by atoms with Crippen molar-refractivity contribution in [2.75, 3.05) is 11.1 Å². The van der Waals surface area contributed by atoms with Crippen LogP contribution in [0.3, 0.4) is 0 Å². The van der Waals surface area contributed by atoms with E-state index < -0.39 is 5.97 Å². The molecule has 0 aromatic carbocycles. The van der Waals surface area contributed by atoms with Gasteiger partial charge in [0.1, 0.15) is 5.82 Å². The predicted molar refractivity (Wildman–Crippen MR) is 63.5 cm³/mol.